The Morgan fingerprint density at radius 3 is 2.85 bits per heavy atom. The van der Waals surface area contributed by atoms with E-state index in [-0.39, 0.29) is 35.9 Å². The second-order valence-electron chi connectivity index (χ2n) is 4.16. The number of ketones is 1. The summed E-state index contributed by atoms with van der Waals surface area (Å²) >= 11 is 0. The molecule has 1 aliphatic heterocycles. The molecule has 8 nitrogen and oxygen atoms in total. The monoisotopic (exact) mass is 280 g/mol. The zero-order chi connectivity index (χ0) is 14.7. The highest BCUT2D eigenvalue weighted by atomic mass is 16.6. The zero-order valence-electron chi connectivity index (χ0n) is 10.6. The summed E-state index contributed by atoms with van der Waals surface area (Å²) in [6.07, 6.45) is 0. The summed E-state index contributed by atoms with van der Waals surface area (Å²) in [7, 11) is 1.21. The Kier molecular flexibility index (Phi) is 3.94. The van der Waals surface area contributed by atoms with Gasteiger partial charge in [0.1, 0.15) is 18.3 Å². The first-order chi connectivity index (χ1) is 9.52. The molecular weight excluding hydrogens is 268 g/mol. The third-order valence-corrected chi connectivity index (χ3v) is 2.86. The van der Waals surface area contributed by atoms with Gasteiger partial charge in [-0.25, -0.2) is 4.79 Å². The van der Waals surface area contributed by atoms with Gasteiger partial charge in [0.15, 0.2) is 5.78 Å². The maximum absolute atomic E-state index is 11.5. The van der Waals surface area contributed by atoms with Crippen molar-refractivity contribution in [3.63, 3.8) is 0 Å². The SMILES string of the molecule is COC(=O)c1ccc([N+](=O)[O-])c(NC2COCC2=O)c1. The van der Waals surface area contributed by atoms with Gasteiger partial charge in [-0.3, -0.25) is 14.9 Å². The number of nitrogens with zero attached hydrogens (tertiary/aromatic N) is 1. The summed E-state index contributed by atoms with van der Waals surface area (Å²) < 4.78 is 9.52. The normalized spacial score (nSPS) is 17.9. The lowest BCUT2D eigenvalue weighted by Crippen LogP contribution is -2.28. The van der Waals surface area contributed by atoms with Crippen LogP contribution in [-0.2, 0) is 14.3 Å². The smallest absolute Gasteiger partial charge is 0.337 e. The van der Waals surface area contributed by atoms with Gasteiger partial charge in [0.25, 0.3) is 5.69 Å². The van der Waals surface area contributed by atoms with E-state index in [4.69, 9.17) is 4.74 Å². The number of esters is 1. The maximum Gasteiger partial charge on any atom is 0.337 e. The van der Waals surface area contributed by atoms with Crippen molar-refractivity contribution < 1.29 is 24.0 Å². The Morgan fingerprint density at radius 1 is 1.55 bits per heavy atom. The van der Waals surface area contributed by atoms with Crippen molar-refractivity contribution in [3.8, 4) is 0 Å². The molecule has 106 valence electrons. The van der Waals surface area contributed by atoms with E-state index in [0.717, 1.165) is 0 Å². The minimum atomic E-state index is -0.651. The first-order valence-electron chi connectivity index (χ1n) is 5.76. The third kappa shape index (κ3) is 2.75. The summed E-state index contributed by atoms with van der Waals surface area (Å²) in [4.78, 5) is 33.3. The predicted octanol–water partition coefficient (Wildman–Crippen LogP) is 0.761. The second kappa shape index (κ2) is 5.66. The van der Waals surface area contributed by atoms with Crippen molar-refractivity contribution in [2.24, 2.45) is 0 Å². The molecule has 0 bridgehead atoms. The highest BCUT2D eigenvalue weighted by molar-refractivity contribution is 5.93. The third-order valence-electron chi connectivity index (χ3n) is 2.86. The van der Waals surface area contributed by atoms with Crippen molar-refractivity contribution in [2.75, 3.05) is 25.6 Å². The molecule has 0 saturated carbocycles. The van der Waals surface area contributed by atoms with Crippen molar-refractivity contribution in [2.45, 2.75) is 6.04 Å². The Hall–Kier alpha value is -2.48. The number of hydrogen-bond donors (Lipinski definition) is 1. The van der Waals surface area contributed by atoms with E-state index < -0.39 is 16.9 Å². The average molecular weight is 280 g/mol. The maximum atomic E-state index is 11.5. The van der Waals surface area contributed by atoms with Gasteiger partial charge in [0.05, 0.1) is 24.2 Å². The van der Waals surface area contributed by atoms with Crippen LogP contribution in [0.25, 0.3) is 0 Å². The van der Waals surface area contributed by atoms with Crippen LogP contribution in [0, 0.1) is 10.1 Å². The van der Waals surface area contributed by atoms with Crippen LogP contribution in [-0.4, -0.2) is 43.0 Å². The number of nitrogens with one attached hydrogen (secondary N) is 1. The van der Waals surface area contributed by atoms with Gasteiger partial charge in [-0.1, -0.05) is 0 Å². The Labute approximate surface area is 113 Å². The van der Waals surface area contributed by atoms with Crippen LogP contribution in [0.2, 0.25) is 0 Å². The highest BCUT2D eigenvalue weighted by Gasteiger charge is 2.28. The number of nitro groups is 1. The minimum Gasteiger partial charge on any atom is -0.465 e. The topological polar surface area (TPSA) is 108 Å². The highest BCUT2D eigenvalue weighted by Crippen LogP contribution is 2.27. The molecule has 1 N–H and O–H groups in total. The number of rotatable bonds is 4. The molecule has 1 heterocycles. The summed E-state index contributed by atoms with van der Waals surface area (Å²) in [5.41, 5.74) is 0.0195. The lowest BCUT2D eigenvalue weighted by molar-refractivity contribution is -0.384. The molecule has 1 aromatic rings. The quantitative estimate of drug-likeness (QED) is 0.492. The Balaban J connectivity index is 2.33. The summed E-state index contributed by atoms with van der Waals surface area (Å²) in [6.45, 7) is 0.112. The van der Waals surface area contributed by atoms with Crippen LogP contribution >= 0.6 is 0 Å². The van der Waals surface area contributed by atoms with E-state index in [0.29, 0.717) is 0 Å². The van der Waals surface area contributed by atoms with E-state index in [9.17, 15) is 19.7 Å². The molecule has 1 fully saturated rings. The summed E-state index contributed by atoms with van der Waals surface area (Å²) in [5.74, 6) is -0.806. The number of Topliss-reactive ketones (excluding diaryl/α,β-unsaturated/α-hetero) is 1. The van der Waals surface area contributed by atoms with E-state index in [1.54, 1.807) is 0 Å². The molecule has 0 aromatic heterocycles. The van der Waals surface area contributed by atoms with Gasteiger partial charge in [0, 0.05) is 6.07 Å². The first kappa shape index (κ1) is 13.9. The van der Waals surface area contributed by atoms with Gasteiger partial charge in [-0.05, 0) is 12.1 Å². The molecule has 0 aliphatic carbocycles. The average Bonchev–Trinajstić information content (AvgIpc) is 2.83. The van der Waals surface area contributed by atoms with E-state index in [1.807, 2.05) is 0 Å². The van der Waals surface area contributed by atoms with E-state index in [1.165, 1.54) is 25.3 Å². The molecule has 20 heavy (non-hydrogen) atoms. The van der Waals surface area contributed by atoms with Gasteiger partial charge in [-0.2, -0.15) is 0 Å². The summed E-state index contributed by atoms with van der Waals surface area (Å²) in [5, 5.41) is 13.7. The van der Waals surface area contributed by atoms with Crippen LogP contribution in [0.1, 0.15) is 10.4 Å². The van der Waals surface area contributed by atoms with Crippen LogP contribution in [0.3, 0.4) is 0 Å². The minimum absolute atomic E-state index is 0.0256. The van der Waals surface area contributed by atoms with Crippen LogP contribution < -0.4 is 5.32 Å². The molecule has 8 heteroatoms. The molecule has 1 unspecified atom stereocenters. The van der Waals surface area contributed by atoms with Crippen LogP contribution in [0.5, 0.6) is 0 Å². The molecular formula is C12H12N2O6. The van der Waals surface area contributed by atoms with Crippen molar-refractivity contribution in [1.29, 1.82) is 0 Å². The van der Waals surface area contributed by atoms with Crippen LogP contribution in [0.15, 0.2) is 18.2 Å². The lowest BCUT2D eigenvalue weighted by atomic mass is 10.1. The molecule has 1 aromatic carbocycles. The molecule has 1 atom stereocenters. The van der Waals surface area contributed by atoms with Crippen LogP contribution in [0.4, 0.5) is 11.4 Å². The molecule has 1 aliphatic rings. The molecule has 0 amide bonds. The van der Waals surface area contributed by atoms with Crippen molar-refractivity contribution >= 4 is 23.1 Å². The first-order valence-corrected chi connectivity index (χ1v) is 5.76. The number of hydrogen-bond acceptors (Lipinski definition) is 7. The molecule has 2 rings (SSSR count). The van der Waals surface area contributed by atoms with Gasteiger partial charge in [-0.15, -0.1) is 0 Å². The fourth-order valence-corrected chi connectivity index (χ4v) is 1.84. The number of anilines is 1. The zero-order valence-corrected chi connectivity index (χ0v) is 10.6. The van der Waals surface area contributed by atoms with E-state index >= 15 is 0 Å². The molecule has 0 spiro atoms. The number of carbonyl (C=O) groups excluding carboxylic acids is 2. The van der Waals surface area contributed by atoms with Crippen molar-refractivity contribution in [3.05, 3.63) is 33.9 Å². The lowest BCUT2D eigenvalue weighted by Gasteiger charge is -2.12. The largest absolute Gasteiger partial charge is 0.465 e. The van der Waals surface area contributed by atoms with E-state index in [2.05, 4.69) is 10.1 Å². The van der Waals surface area contributed by atoms with Gasteiger partial charge >= 0.3 is 5.97 Å². The standard InChI is InChI=1S/C12H12N2O6/c1-19-12(16)7-2-3-10(14(17)18)8(4-7)13-9-5-20-6-11(9)15/h2-4,9,13H,5-6H2,1H3. The fourth-order valence-electron chi connectivity index (χ4n) is 1.84. The Morgan fingerprint density at radius 2 is 2.30 bits per heavy atom. The molecule has 1 saturated heterocycles. The Bertz CT molecular complexity index is 571. The number of benzene rings is 1. The second-order valence-corrected chi connectivity index (χ2v) is 4.16. The number of ether oxygens (including phenoxy) is 2. The number of carbonyl (C=O) groups is 2. The fraction of sp³-hybridized carbons (Fsp3) is 0.333. The van der Waals surface area contributed by atoms with Gasteiger partial charge in [0.2, 0.25) is 0 Å². The molecule has 0 radical (unpaired) electrons. The predicted molar refractivity (Wildman–Crippen MR) is 67.7 cm³/mol. The number of nitro benzene ring substituents is 1. The summed E-state index contributed by atoms with van der Waals surface area (Å²) in [6, 6.07) is 3.12. The van der Waals surface area contributed by atoms with Gasteiger partial charge < -0.3 is 14.8 Å². The number of methoxy groups -OCH3 is 1. The van der Waals surface area contributed by atoms with Crippen molar-refractivity contribution in [1.82, 2.24) is 0 Å².